The van der Waals surface area contributed by atoms with E-state index in [1.165, 1.54) is 19.1 Å². The largest absolute Gasteiger partial charge is 0.493 e. The summed E-state index contributed by atoms with van der Waals surface area (Å²) in [5, 5.41) is 14.7. The van der Waals surface area contributed by atoms with E-state index >= 15 is 0 Å². The number of benzene rings is 3. The van der Waals surface area contributed by atoms with Crippen LogP contribution in [0, 0.1) is 0 Å². The summed E-state index contributed by atoms with van der Waals surface area (Å²) in [5.41, 5.74) is 2.89. The molecule has 1 aromatic heterocycles. The van der Waals surface area contributed by atoms with Crippen molar-refractivity contribution in [2.24, 2.45) is 0 Å². The molecule has 3 amide bonds. The Balaban J connectivity index is 1.62. The summed E-state index contributed by atoms with van der Waals surface area (Å²) in [7, 11) is 2.99. The van der Waals surface area contributed by atoms with Crippen molar-refractivity contribution in [3.8, 4) is 28.4 Å². The molecule has 1 heterocycles. The molecule has 4 rings (SSSR count). The Labute approximate surface area is 262 Å². The highest BCUT2D eigenvalue weighted by atomic mass is 16.5. The lowest BCUT2D eigenvalue weighted by atomic mass is 9.92. The molecule has 0 aliphatic rings. The lowest BCUT2D eigenvalue weighted by Crippen LogP contribution is -2.45. The number of imidazole rings is 1. The molecule has 0 saturated heterocycles. The van der Waals surface area contributed by atoms with E-state index in [4.69, 9.17) is 19.6 Å². The molecule has 0 fully saturated rings. The SMILES string of the molecule is COc1ccc(C(CC(=O)NCCO)C(=O)N(CC(=O)Nc2nc(-c3ccccc3)cn2-c2ccccc2)C(C)C)cc1OC. The fourth-order valence-corrected chi connectivity index (χ4v) is 4.91. The zero-order valence-corrected chi connectivity index (χ0v) is 25.9. The first-order valence-electron chi connectivity index (χ1n) is 14.7. The molecule has 3 N–H and O–H groups in total. The minimum absolute atomic E-state index is 0.0566. The van der Waals surface area contributed by atoms with E-state index in [-0.39, 0.29) is 32.2 Å². The molecule has 0 aliphatic heterocycles. The number of rotatable bonds is 14. The molecular weight excluding hydrogens is 574 g/mol. The number of hydrogen-bond acceptors (Lipinski definition) is 7. The predicted molar refractivity (Wildman–Crippen MR) is 171 cm³/mol. The molecule has 3 aromatic carbocycles. The van der Waals surface area contributed by atoms with Gasteiger partial charge in [-0.25, -0.2) is 4.98 Å². The molecule has 11 nitrogen and oxygen atoms in total. The number of nitrogens with zero attached hydrogens (tertiary/aromatic N) is 3. The van der Waals surface area contributed by atoms with Gasteiger partial charge in [0.15, 0.2) is 11.5 Å². The zero-order chi connectivity index (χ0) is 32.3. The molecule has 11 heteroatoms. The highest BCUT2D eigenvalue weighted by Gasteiger charge is 2.32. The average Bonchev–Trinajstić information content (AvgIpc) is 3.48. The first kappa shape index (κ1) is 32.7. The van der Waals surface area contributed by atoms with E-state index in [1.807, 2.05) is 66.9 Å². The van der Waals surface area contributed by atoms with E-state index in [2.05, 4.69) is 10.6 Å². The van der Waals surface area contributed by atoms with Crippen molar-refractivity contribution in [1.82, 2.24) is 19.8 Å². The van der Waals surface area contributed by atoms with Gasteiger partial charge in [0, 0.05) is 36.5 Å². The number of aliphatic hydroxyl groups excluding tert-OH is 1. The average molecular weight is 614 g/mol. The monoisotopic (exact) mass is 613 g/mol. The number of aromatic nitrogens is 2. The van der Waals surface area contributed by atoms with Gasteiger partial charge in [0.2, 0.25) is 23.7 Å². The molecule has 0 saturated carbocycles. The molecule has 1 unspecified atom stereocenters. The summed E-state index contributed by atoms with van der Waals surface area (Å²) in [6, 6.07) is 23.8. The number of carbonyl (C=O) groups excluding carboxylic acids is 3. The minimum Gasteiger partial charge on any atom is -0.493 e. The Hall–Kier alpha value is -5.16. The molecule has 0 aliphatic carbocycles. The molecule has 4 aromatic rings. The van der Waals surface area contributed by atoms with Crippen molar-refractivity contribution in [3.63, 3.8) is 0 Å². The predicted octanol–water partition coefficient (Wildman–Crippen LogP) is 4.01. The van der Waals surface area contributed by atoms with Gasteiger partial charge >= 0.3 is 0 Å². The molecule has 0 radical (unpaired) electrons. The number of anilines is 1. The van der Waals surface area contributed by atoms with Crippen LogP contribution < -0.4 is 20.1 Å². The van der Waals surface area contributed by atoms with Gasteiger partial charge in [0.05, 0.1) is 32.4 Å². The molecule has 45 heavy (non-hydrogen) atoms. The van der Waals surface area contributed by atoms with Gasteiger partial charge < -0.3 is 24.8 Å². The van der Waals surface area contributed by atoms with Crippen LogP contribution in [0.2, 0.25) is 0 Å². The van der Waals surface area contributed by atoms with E-state index in [0.29, 0.717) is 28.7 Å². The van der Waals surface area contributed by atoms with Gasteiger partial charge in [0.25, 0.3) is 0 Å². The van der Waals surface area contributed by atoms with Gasteiger partial charge in [-0.1, -0.05) is 54.6 Å². The molecule has 1 atom stereocenters. The Bertz CT molecular complexity index is 1590. The summed E-state index contributed by atoms with van der Waals surface area (Å²) >= 11 is 0. The Morgan fingerprint density at radius 2 is 1.58 bits per heavy atom. The Morgan fingerprint density at radius 3 is 2.20 bits per heavy atom. The van der Waals surface area contributed by atoms with E-state index < -0.39 is 23.6 Å². The van der Waals surface area contributed by atoms with Gasteiger partial charge in [-0.2, -0.15) is 0 Å². The van der Waals surface area contributed by atoms with E-state index in [9.17, 15) is 14.4 Å². The lowest BCUT2D eigenvalue weighted by molar-refractivity contribution is -0.139. The standard InChI is InChI=1S/C34H39N5O6/c1-23(2)38(33(43)27(20-31(41)35-17-18-40)25-15-16-29(44-3)30(19-25)45-4)22-32(42)37-34-36-28(24-11-7-5-8-12-24)21-39(34)26-13-9-6-10-14-26/h5-16,19,21,23,27,40H,17-18,20,22H2,1-4H3,(H,35,41)(H,36,37,42). The molecule has 236 valence electrons. The van der Waals surface area contributed by atoms with Crippen LogP contribution in [0.15, 0.2) is 85.1 Å². The van der Waals surface area contributed by atoms with Crippen LogP contribution in [0.1, 0.15) is 31.7 Å². The van der Waals surface area contributed by atoms with Gasteiger partial charge in [0.1, 0.15) is 6.54 Å². The van der Waals surface area contributed by atoms with Gasteiger partial charge in [-0.05, 0) is 43.7 Å². The number of amides is 3. The van der Waals surface area contributed by atoms with Crippen LogP contribution in [-0.2, 0) is 14.4 Å². The van der Waals surface area contributed by atoms with Crippen LogP contribution in [0.4, 0.5) is 5.95 Å². The molecule has 0 bridgehead atoms. The van der Waals surface area contributed by atoms with Crippen molar-refractivity contribution < 1.29 is 29.0 Å². The summed E-state index contributed by atoms with van der Waals surface area (Å²) in [5.74, 6) is -1.03. The quantitative estimate of drug-likeness (QED) is 0.196. The van der Waals surface area contributed by atoms with Crippen molar-refractivity contribution in [2.75, 3.05) is 39.2 Å². The number of para-hydroxylation sites is 1. The first-order valence-corrected chi connectivity index (χ1v) is 14.7. The van der Waals surface area contributed by atoms with Crippen molar-refractivity contribution in [1.29, 1.82) is 0 Å². The van der Waals surface area contributed by atoms with Crippen LogP contribution in [-0.4, -0.2) is 77.2 Å². The smallest absolute Gasteiger partial charge is 0.246 e. The number of nitrogens with one attached hydrogen (secondary N) is 2. The topological polar surface area (TPSA) is 135 Å². The highest BCUT2D eigenvalue weighted by molar-refractivity contribution is 5.96. The number of methoxy groups -OCH3 is 2. The maximum atomic E-state index is 14.1. The second-order valence-corrected chi connectivity index (χ2v) is 10.6. The maximum Gasteiger partial charge on any atom is 0.246 e. The van der Waals surface area contributed by atoms with Crippen LogP contribution >= 0.6 is 0 Å². The van der Waals surface area contributed by atoms with E-state index in [1.54, 1.807) is 36.6 Å². The van der Waals surface area contributed by atoms with Crippen molar-refractivity contribution in [3.05, 3.63) is 90.6 Å². The molecule has 0 spiro atoms. The van der Waals surface area contributed by atoms with Gasteiger partial charge in [-0.15, -0.1) is 0 Å². The summed E-state index contributed by atoms with van der Waals surface area (Å²) in [4.78, 5) is 46.6. The lowest BCUT2D eigenvalue weighted by Gasteiger charge is -2.30. The van der Waals surface area contributed by atoms with Crippen molar-refractivity contribution >= 4 is 23.7 Å². The zero-order valence-electron chi connectivity index (χ0n) is 25.9. The number of hydrogen-bond donors (Lipinski definition) is 3. The summed E-state index contributed by atoms with van der Waals surface area (Å²) in [6.07, 6.45) is 1.65. The van der Waals surface area contributed by atoms with Crippen LogP contribution in [0.5, 0.6) is 11.5 Å². The summed E-state index contributed by atoms with van der Waals surface area (Å²) < 4.78 is 12.6. The fourth-order valence-electron chi connectivity index (χ4n) is 4.91. The van der Waals surface area contributed by atoms with E-state index in [0.717, 1.165) is 11.3 Å². The minimum atomic E-state index is -0.935. The molecular formula is C34H39N5O6. The fraction of sp³-hybridized carbons (Fsp3) is 0.294. The van der Waals surface area contributed by atoms with Gasteiger partial charge in [-0.3, -0.25) is 24.3 Å². The third-order valence-corrected chi connectivity index (χ3v) is 7.21. The number of ether oxygens (including phenoxy) is 2. The first-order chi connectivity index (χ1) is 21.7. The van der Waals surface area contributed by atoms with Crippen LogP contribution in [0.25, 0.3) is 16.9 Å². The summed E-state index contributed by atoms with van der Waals surface area (Å²) in [6.45, 7) is 3.16. The third-order valence-electron chi connectivity index (χ3n) is 7.21. The number of aliphatic hydroxyl groups is 1. The normalized spacial score (nSPS) is 11.5. The Morgan fingerprint density at radius 1 is 0.911 bits per heavy atom. The highest BCUT2D eigenvalue weighted by Crippen LogP contribution is 2.33. The third kappa shape index (κ3) is 8.27. The Kier molecular flexibility index (Phi) is 11.3. The number of carbonyl (C=O) groups is 3. The second kappa shape index (κ2) is 15.5. The van der Waals surface area contributed by atoms with Crippen LogP contribution in [0.3, 0.4) is 0 Å². The van der Waals surface area contributed by atoms with Crippen molar-refractivity contribution in [2.45, 2.75) is 32.2 Å². The second-order valence-electron chi connectivity index (χ2n) is 10.6. The maximum absolute atomic E-state index is 14.1.